The number of piperazine rings is 1. The molecule has 0 aromatic heterocycles. The molecule has 0 spiro atoms. The van der Waals surface area contributed by atoms with Gasteiger partial charge in [0.15, 0.2) is 5.82 Å². The molecule has 3 N–H and O–H groups in total. The van der Waals surface area contributed by atoms with E-state index < -0.39 is 4.92 Å². The van der Waals surface area contributed by atoms with Crippen LogP contribution in [0.1, 0.15) is 0 Å². The molecule has 15 heavy (non-hydrogen) atoms. The predicted octanol–water partition coefficient (Wildman–Crippen LogP) is -1.37. The molecule has 0 unspecified atom stereocenters. The van der Waals surface area contributed by atoms with Gasteiger partial charge in [0.25, 0.3) is 6.20 Å². The summed E-state index contributed by atoms with van der Waals surface area (Å²) in [5.74, 6) is 0.198. The van der Waals surface area contributed by atoms with Crippen LogP contribution in [0.4, 0.5) is 0 Å². The molecule has 0 saturated carbocycles. The molecule has 0 atom stereocenters. The van der Waals surface area contributed by atoms with Crippen molar-refractivity contribution in [3.63, 3.8) is 0 Å². The second-order valence-corrected chi connectivity index (χ2v) is 3.39. The van der Waals surface area contributed by atoms with Gasteiger partial charge in [-0.25, -0.2) is 0 Å². The molecule has 0 aliphatic carbocycles. The first-order chi connectivity index (χ1) is 7.13. The summed E-state index contributed by atoms with van der Waals surface area (Å²) in [4.78, 5) is 13.5. The van der Waals surface area contributed by atoms with Crippen LogP contribution in [0.25, 0.3) is 0 Å². The van der Waals surface area contributed by atoms with Crippen molar-refractivity contribution in [2.45, 2.75) is 0 Å². The van der Waals surface area contributed by atoms with Crippen LogP contribution in [0, 0.1) is 10.1 Å². The van der Waals surface area contributed by atoms with E-state index in [-0.39, 0.29) is 12.4 Å². The van der Waals surface area contributed by atoms with Crippen LogP contribution in [0.3, 0.4) is 0 Å². The minimum absolute atomic E-state index is 0.139. The normalized spacial score (nSPS) is 19.3. The van der Waals surface area contributed by atoms with Gasteiger partial charge in [-0.3, -0.25) is 15.0 Å². The van der Waals surface area contributed by atoms with Crippen LogP contribution >= 0.6 is 0 Å². The molecule has 0 bridgehead atoms. The number of aliphatic hydroxyl groups is 1. The zero-order valence-corrected chi connectivity index (χ0v) is 8.50. The third-order valence-electron chi connectivity index (χ3n) is 2.39. The fourth-order valence-electron chi connectivity index (χ4n) is 1.56. The lowest BCUT2D eigenvalue weighted by atomic mass is 10.3. The first-order valence-corrected chi connectivity index (χ1v) is 4.82. The highest BCUT2D eigenvalue weighted by atomic mass is 16.6. The molecule has 86 valence electrons. The molecule has 1 rings (SSSR count). The highest BCUT2D eigenvalue weighted by Crippen LogP contribution is 2.05. The van der Waals surface area contributed by atoms with E-state index in [0.717, 1.165) is 19.3 Å². The van der Waals surface area contributed by atoms with E-state index in [4.69, 9.17) is 10.8 Å². The van der Waals surface area contributed by atoms with Gasteiger partial charge < -0.3 is 15.7 Å². The number of nitrogens with two attached hydrogens (primary N) is 1. The highest BCUT2D eigenvalue weighted by molar-refractivity contribution is 4.93. The predicted molar refractivity (Wildman–Crippen MR) is 54.4 cm³/mol. The van der Waals surface area contributed by atoms with Crippen LogP contribution in [0.2, 0.25) is 0 Å². The van der Waals surface area contributed by atoms with Gasteiger partial charge in [-0.05, 0) is 0 Å². The summed E-state index contributed by atoms with van der Waals surface area (Å²) in [5.41, 5.74) is 5.55. The van der Waals surface area contributed by atoms with Crippen LogP contribution in [0.5, 0.6) is 0 Å². The summed E-state index contributed by atoms with van der Waals surface area (Å²) >= 11 is 0. The molecule has 1 aliphatic heterocycles. The molecule has 0 aromatic rings. The van der Waals surface area contributed by atoms with Gasteiger partial charge in [0, 0.05) is 32.7 Å². The Morgan fingerprint density at radius 3 is 2.53 bits per heavy atom. The fourth-order valence-corrected chi connectivity index (χ4v) is 1.56. The SMILES string of the molecule is NC(=C[N+](=O)[O-])N1CCN(CCO)CC1. The van der Waals surface area contributed by atoms with Gasteiger partial charge in [0.05, 0.1) is 11.5 Å². The van der Waals surface area contributed by atoms with E-state index >= 15 is 0 Å². The van der Waals surface area contributed by atoms with Crippen molar-refractivity contribution in [2.24, 2.45) is 5.73 Å². The molecule has 7 nitrogen and oxygen atoms in total. The van der Waals surface area contributed by atoms with Crippen molar-refractivity contribution in [2.75, 3.05) is 39.3 Å². The minimum atomic E-state index is -0.546. The van der Waals surface area contributed by atoms with Crippen molar-refractivity contribution in [3.05, 3.63) is 22.1 Å². The Bertz CT molecular complexity index is 248. The molecule has 1 aliphatic rings. The Morgan fingerprint density at radius 2 is 2.07 bits per heavy atom. The highest BCUT2D eigenvalue weighted by Gasteiger charge is 2.18. The summed E-state index contributed by atoms with van der Waals surface area (Å²) in [7, 11) is 0. The lowest BCUT2D eigenvalue weighted by Gasteiger charge is -2.34. The van der Waals surface area contributed by atoms with E-state index in [2.05, 4.69) is 4.90 Å². The number of rotatable bonds is 4. The van der Waals surface area contributed by atoms with E-state index in [1.165, 1.54) is 0 Å². The monoisotopic (exact) mass is 216 g/mol. The molecule has 1 heterocycles. The lowest BCUT2D eigenvalue weighted by Crippen LogP contribution is -2.47. The van der Waals surface area contributed by atoms with E-state index in [1.807, 2.05) is 0 Å². The quantitative estimate of drug-likeness (QED) is 0.444. The van der Waals surface area contributed by atoms with Crippen LogP contribution < -0.4 is 5.73 Å². The Labute approximate surface area is 87.9 Å². The number of aliphatic hydroxyl groups excluding tert-OH is 1. The van der Waals surface area contributed by atoms with E-state index in [9.17, 15) is 10.1 Å². The number of nitrogens with zero attached hydrogens (tertiary/aromatic N) is 3. The number of β-amino-alcohol motifs (C(OH)–C–C–N with tert-alkyl or cyclic N) is 1. The smallest absolute Gasteiger partial charge is 0.274 e. The van der Waals surface area contributed by atoms with E-state index in [0.29, 0.717) is 19.6 Å². The molecule has 0 radical (unpaired) electrons. The van der Waals surface area contributed by atoms with Gasteiger partial charge >= 0.3 is 0 Å². The van der Waals surface area contributed by atoms with Crippen molar-refractivity contribution < 1.29 is 10.0 Å². The molecule has 1 saturated heterocycles. The molecule has 0 amide bonds. The maximum atomic E-state index is 10.2. The maximum absolute atomic E-state index is 10.2. The Morgan fingerprint density at radius 1 is 1.47 bits per heavy atom. The standard InChI is InChI=1S/C8H16N4O3/c9-8(7-12(14)15)11-3-1-10(2-4-11)5-6-13/h7,13H,1-6,9H2. The van der Waals surface area contributed by atoms with Crippen LogP contribution in [0.15, 0.2) is 12.0 Å². The van der Waals surface area contributed by atoms with Gasteiger partial charge in [-0.1, -0.05) is 0 Å². The van der Waals surface area contributed by atoms with Gasteiger partial charge in [-0.15, -0.1) is 0 Å². The number of hydrogen-bond donors (Lipinski definition) is 2. The maximum Gasteiger partial charge on any atom is 0.274 e. The van der Waals surface area contributed by atoms with Crippen molar-refractivity contribution in [1.82, 2.24) is 9.80 Å². The Kier molecular flexibility index (Phi) is 4.32. The van der Waals surface area contributed by atoms with Crippen LogP contribution in [-0.4, -0.2) is 59.2 Å². The van der Waals surface area contributed by atoms with Crippen molar-refractivity contribution >= 4 is 0 Å². The summed E-state index contributed by atoms with van der Waals surface area (Å²) in [5, 5.41) is 18.9. The third-order valence-corrected chi connectivity index (χ3v) is 2.39. The average molecular weight is 216 g/mol. The Balaban J connectivity index is 2.40. The number of nitro groups is 1. The molecular formula is C8H16N4O3. The summed E-state index contributed by atoms with van der Waals surface area (Å²) in [6.07, 6.45) is 0.821. The second kappa shape index (κ2) is 5.52. The Hall–Kier alpha value is -1.34. The topological polar surface area (TPSA) is 95.9 Å². The molecular weight excluding hydrogens is 200 g/mol. The summed E-state index contributed by atoms with van der Waals surface area (Å²) in [6.45, 7) is 3.65. The minimum Gasteiger partial charge on any atom is -0.395 e. The third kappa shape index (κ3) is 3.72. The molecule has 7 heteroatoms. The summed E-state index contributed by atoms with van der Waals surface area (Å²) < 4.78 is 0. The lowest BCUT2D eigenvalue weighted by molar-refractivity contribution is -0.404. The van der Waals surface area contributed by atoms with Crippen molar-refractivity contribution in [3.8, 4) is 0 Å². The van der Waals surface area contributed by atoms with Crippen LogP contribution in [-0.2, 0) is 0 Å². The van der Waals surface area contributed by atoms with Gasteiger partial charge in [0.1, 0.15) is 0 Å². The first kappa shape index (κ1) is 11.7. The largest absolute Gasteiger partial charge is 0.395 e. The molecule has 1 fully saturated rings. The van der Waals surface area contributed by atoms with Gasteiger partial charge in [0.2, 0.25) is 0 Å². The van der Waals surface area contributed by atoms with Gasteiger partial charge in [-0.2, -0.15) is 0 Å². The summed E-state index contributed by atoms with van der Waals surface area (Å²) in [6, 6.07) is 0. The zero-order valence-electron chi connectivity index (χ0n) is 8.50. The fraction of sp³-hybridized carbons (Fsp3) is 0.750. The number of hydrogen-bond acceptors (Lipinski definition) is 6. The molecule has 0 aromatic carbocycles. The van der Waals surface area contributed by atoms with Crippen molar-refractivity contribution in [1.29, 1.82) is 0 Å². The average Bonchev–Trinajstić information content (AvgIpc) is 2.18. The zero-order chi connectivity index (χ0) is 11.3. The second-order valence-electron chi connectivity index (χ2n) is 3.39. The first-order valence-electron chi connectivity index (χ1n) is 4.82. The van der Waals surface area contributed by atoms with E-state index in [1.54, 1.807) is 4.90 Å².